The molecule has 5 rings (SSSR count). The Morgan fingerprint density at radius 1 is 1.08 bits per heavy atom. The average Bonchev–Trinajstić information content (AvgIpc) is 3.58. The van der Waals surface area contributed by atoms with Gasteiger partial charge in [0.25, 0.3) is 0 Å². The molecule has 4 heterocycles. The van der Waals surface area contributed by atoms with Crippen molar-refractivity contribution < 1.29 is 9.53 Å². The van der Waals surface area contributed by atoms with E-state index in [2.05, 4.69) is 39.8 Å². The van der Waals surface area contributed by atoms with Crippen LogP contribution >= 0.6 is 34.5 Å². The highest BCUT2D eigenvalue weighted by Gasteiger charge is 2.56. The molecule has 0 N–H and O–H groups in total. The molecule has 1 spiro atoms. The molecule has 3 saturated heterocycles. The molecule has 1 aromatic heterocycles. The maximum Gasteiger partial charge on any atom is 0.313 e. The molecule has 0 aliphatic carbocycles. The summed E-state index contributed by atoms with van der Waals surface area (Å²) in [4.78, 5) is 18.1. The fourth-order valence-corrected chi connectivity index (χ4v) is 7.95. The van der Waals surface area contributed by atoms with Gasteiger partial charge in [-0.1, -0.05) is 41.4 Å². The molecular weight excluding hydrogens is 523 g/mol. The topological polar surface area (TPSA) is 32.8 Å². The van der Waals surface area contributed by atoms with Gasteiger partial charge in [0.05, 0.1) is 5.41 Å². The molecule has 4 nitrogen and oxygen atoms in total. The monoisotopic (exact) mass is 558 g/mol. The number of ether oxygens (including phenoxy) is 1. The Balaban J connectivity index is 1.24. The number of rotatable bonds is 9. The second-order valence-corrected chi connectivity index (χ2v) is 12.8. The molecule has 3 aliphatic heterocycles. The van der Waals surface area contributed by atoms with Gasteiger partial charge in [-0.15, -0.1) is 13.2 Å². The van der Waals surface area contributed by atoms with E-state index in [1.165, 1.54) is 5.56 Å². The summed E-state index contributed by atoms with van der Waals surface area (Å²) < 4.78 is 6.12. The van der Waals surface area contributed by atoms with E-state index in [4.69, 9.17) is 27.9 Å². The molecular formula is C30H36Cl2N2O2S. The van der Waals surface area contributed by atoms with Crippen molar-refractivity contribution in [2.75, 3.05) is 32.7 Å². The van der Waals surface area contributed by atoms with Crippen LogP contribution in [0, 0.1) is 11.3 Å². The highest BCUT2D eigenvalue weighted by molar-refractivity contribution is 7.08. The first-order chi connectivity index (χ1) is 17.9. The van der Waals surface area contributed by atoms with Gasteiger partial charge < -0.3 is 9.64 Å². The van der Waals surface area contributed by atoms with Gasteiger partial charge in [-0.3, -0.25) is 9.69 Å². The van der Waals surface area contributed by atoms with E-state index in [-0.39, 0.29) is 11.6 Å². The molecule has 198 valence electrons. The Kier molecular flexibility index (Phi) is 8.18. The third kappa shape index (κ3) is 5.72. The number of carbonyl (C=O) groups excluding carboxylic acids is 1. The van der Waals surface area contributed by atoms with Crippen LogP contribution in [0.2, 0.25) is 10.0 Å². The Hall–Kier alpha value is -1.63. The number of nitrogens with zero attached hydrogens (tertiary/aromatic N) is 2. The van der Waals surface area contributed by atoms with Crippen LogP contribution in [0.15, 0.2) is 60.3 Å². The van der Waals surface area contributed by atoms with E-state index in [1.807, 2.05) is 30.4 Å². The molecule has 37 heavy (non-hydrogen) atoms. The second kappa shape index (κ2) is 11.2. The van der Waals surface area contributed by atoms with Gasteiger partial charge in [0, 0.05) is 74.5 Å². The van der Waals surface area contributed by atoms with E-state index >= 15 is 0 Å². The maximum absolute atomic E-state index is 13.0. The van der Waals surface area contributed by atoms with Crippen molar-refractivity contribution in [2.24, 2.45) is 11.3 Å². The molecule has 0 saturated carbocycles. The number of esters is 1. The highest BCUT2D eigenvalue weighted by Crippen LogP contribution is 2.50. The van der Waals surface area contributed by atoms with Crippen molar-refractivity contribution in [3.8, 4) is 0 Å². The van der Waals surface area contributed by atoms with Gasteiger partial charge in [0.2, 0.25) is 0 Å². The number of hydrogen-bond acceptors (Lipinski definition) is 5. The number of piperidine rings is 1. The Labute approximate surface area is 234 Å². The third-order valence-electron chi connectivity index (χ3n) is 8.63. The van der Waals surface area contributed by atoms with Crippen molar-refractivity contribution in [3.63, 3.8) is 0 Å². The van der Waals surface area contributed by atoms with Crippen molar-refractivity contribution >= 4 is 40.5 Å². The van der Waals surface area contributed by atoms with Gasteiger partial charge in [0.1, 0.15) is 5.60 Å². The molecule has 3 fully saturated rings. The summed E-state index contributed by atoms with van der Waals surface area (Å²) in [6.07, 6.45) is 7.59. The van der Waals surface area contributed by atoms with Crippen LogP contribution in [0.25, 0.3) is 0 Å². The lowest BCUT2D eigenvalue weighted by Crippen LogP contribution is -2.46. The fraction of sp³-hybridized carbons (Fsp3) is 0.500. The van der Waals surface area contributed by atoms with E-state index in [0.717, 1.165) is 69.1 Å². The van der Waals surface area contributed by atoms with Crippen LogP contribution < -0.4 is 0 Å². The molecule has 0 radical (unpaired) electrons. The predicted molar refractivity (Wildman–Crippen MR) is 153 cm³/mol. The summed E-state index contributed by atoms with van der Waals surface area (Å²) in [7, 11) is 0. The number of benzene rings is 1. The Morgan fingerprint density at radius 3 is 2.49 bits per heavy atom. The molecule has 0 amide bonds. The lowest BCUT2D eigenvalue weighted by Gasteiger charge is -2.40. The first-order valence-electron chi connectivity index (χ1n) is 13.2. The molecule has 2 aromatic rings. The van der Waals surface area contributed by atoms with Crippen LogP contribution in [0.5, 0.6) is 0 Å². The van der Waals surface area contributed by atoms with Crippen molar-refractivity contribution in [2.45, 2.75) is 50.2 Å². The summed E-state index contributed by atoms with van der Waals surface area (Å²) >= 11 is 14.4. The van der Waals surface area contributed by atoms with E-state index < -0.39 is 5.41 Å². The average molecular weight is 560 g/mol. The minimum atomic E-state index is -0.482. The van der Waals surface area contributed by atoms with Crippen molar-refractivity contribution in [1.29, 1.82) is 0 Å². The van der Waals surface area contributed by atoms with Gasteiger partial charge >= 0.3 is 5.97 Å². The minimum absolute atomic E-state index is 0.0643. The van der Waals surface area contributed by atoms with Crippen LogP contribution in [0.4, 0.5) is 0 Å². The molecule has 2 atom stereocenters. The number of hydrogen-bond donors (Lipinski definition) is 0. The largest absolute Gasteiger partial charge is 0.458 e. The Bertz CT molecular complexity index is 1120. The summed E-state index contributed by atoms with van der Waals surface area (Å²) in [5.41, 5.74) is 1.75. The molecule has 7 heteroatoms. The van der Waals surface area contributed by atoms with Gasteiger partial charge in [0.15, 0.2) is 0 Å². The van der Waals surface area contributed by atoms with Crippen LogP contribution in [-0.2, 0) is 16.1 Å². The first kappa shape index (κ1) is 27.0. The first-order valence-corrected chi connectivity index (χ1v) is 14.9. The van der Waals surface area contributed by atoms with E-state index in [9.17, 15) is 4.79 Å². The second-order valence-electron chi connectivity index (χ2n) is 11.2. The minimum Gasteiger partial charge on any atom is -0.458 e. The van der Waals surface area contributed by atoms with Gasteiger partial charge in [-0.25, -0.2) is 0 Å². The summed E-state index contributed by atoms with van der Waals surface area (Å²) in [6, 6.07) is 8.08. The van der Waals surface area contributed by atoms with Gasteiger partial charge in [-0.2, -0.15) is 11.3 Å². The van der Waals surface area contributed by atoms with E-state index in [0.29, 0.717) is 29.7 Å². The molecule has 0 unspecified atom stereocenters. The number of thiophene rings is 1. The number of likely N-dealkylation sites (tertiary alicyclic amines) is 2. The number of allylic oxidation sites excluding steroid dienone is 2. The standard InChI is InChI=1S/C30H36Cl2N2O2S/c1-3-8-29(9-4-2)21-30(36-28(29)35)10-12-33(13-11-30)17-24-18-34(19-26(24)23-7-14-37-20-23)16-22-5-6-25(31)15-27(22)32/h3-7,14-15,20,24,26H,1-2,8-13,16-19,21H2/t24-,26+/m0/s1. The molecule has 3 aliphatic rings. The zero-order chi connectivity index (χ0) is 26.0. The zero-order valence-electron chi connectivity index (χ0n) is 21.3. The van der Waals surface area contributed by atoms with E-state index in [1.54, 1.807) is 11.3 Å². The van der Waals surface area contributed by atoms with Crippen LogP contribution in [0.1, 0.15) is 49.1 Å². The van der Waals surface area contributed by atoms with Crippen LogP contribution in [0.3, 0.4) is 0 Å². The van der Waals surface area contributed by atoms with Crippen molar-refractivity contribution in [1.82, 2.24) is 9.80 Å². The third-order valence-corrected chi connectivity index (χ3v) is 9.92. The predicted octanol–water partition coefficient (Wildman–Crippen LogP) is 7.19. The lowest BCUT2D eigenvalue weighted by atomic mass is 9.72. The Morgan fingerprint density at radius 2 is 1.84 bits per heavy atom. The number of halogens is 2. The zero-order valence-corrected chi connectivity index (χ0v) is 23.7. The molecule has 0 bridgehead atoms. The highest BCUT2D eigenvalue weighted by atomic mass is 35.5. The fourth-order valence-electron chi connectivity index (χ4n) is 6.76. The van der Waals surface area contributed by atoms with Crippen LogP contribution in [-0.4, -0.2) is 54.1 Å². The maximum atomic E-state index is 13.0. The summed E-state index contributed by atoms with van der Waals surface area (Å²) in [5, 5.41) is 5.90. The number of carbonyl (C=O) groups is 1. The smallest absolute Gasteiger partial charge is 0.313 e. The quantitative estimate of drug-likeness (QED) is 0.241. The summed E-state index contributed by atoms with van der Waals surface area (Å²) in [6.45, 7) is 13.7. The summed E-state index contributed by atoms with van der Waals surface area (Å²) in [5.74, 6) is 0.984. The van der Waals surface area contributed by atoms with Gasteiger partial charge in [-0.05, 0) is 58.8 Å². The lowest BCUT2D eigenvalue weighted by molar-refractivity contribution is -0.156. The normalized spacial score (nSPS) is 25.4. The SMILES string of the molecule is C=CCC1(CC=C)CC2(CCN(C[C@H]3CN(Cc4ccc(Cl)cc4Cl)C[C@@H]3c3ccsc3)CC2)OC1=O. The van der Waals surface area contributed by atoms with Crippen molar-refractivity contribution in [3.05, 3.63) is 81.5 Å². The molecule has 1 aromatic carbocycles.